The quantitative estimate of drug-likeness (QED) is 0.577. The topological polar surface area (TPSA) is 96.0 Å². The van der Waals surface area contributed by atoms with E-state index in [1.54, 1.807) is 7.11 Å². The number of rotatable bonds is 9. The molecule has 0 aromatic heterocycles. The third-order valence-electron chi connectivity index (χ3n) is 6.38. The van der Waals surface area contributed by atoms with Crippen molar-refractivity contribution in [3.05, 3.63) is 54.1 Å². The van der Waals surface area contributed by atoms with Gasteiger partial charge in [-0.05, 0) is 69.1 Å². The summed E-state index contributed by atoms with van der Waals surface area (Å²) in [5.41, 5.74) is 0.941. The molecule has 1 unspecified atom stereocenters. The number of ether oxygens (including phenoxy) is 1. The Morgan fingerprint density at radius 3 is 2.06 bits per heavy atom. The van der Waals surface area contributed by atoms with Crippen molar-refractivity contribution in [2.45, 2.75) is 41.5 Å². The minimum atomic E-state index is -3.82. The molecule has 2 aliphatic rings. The number of para-hydroxylation sites is 1. The molecule has 33 heavy (non-hydrogen) atoms. The summed E-state index contributed by atoms with van der Waals surface area (Å²) in [5, 5.41) is 0. The van der Waals surface area contributed by atoms with E-state index < -0.39 is 20.0 Å². The zero-order valence-electron chi connectivity index (χ0n) is 18.8. The number of hydrogen-bond acceptors (Lipinski definition) is 6. The molecular weight excluding hydrogens is 462 g/mol. The summed E-state index contributed by atoms with van der Waals surface area (Å²) in [6, 6.07) is 13.0. The van der Waals surface area contributed by atoms with E-state index in [0.29, 0.717) is 13.1 Å². The van der Waals surface area contributed by atoms with Crippen LogP contribution in [-0.4, -0.2) is 65.9 Å². The number of sulfonamides is 2. The average Bonchev–Trinajstić information content (AvgIpc) is 3.55. The van der Waals surface area contributed by atoms with Gasteiger partial charge in [-0.2, -0.15) is 4.31 Å². The van der Waals surface area contributed by atoms with Crippen molar-refractivity contribution in [3.8, 4) is 5.75 Å². The van der Waals surface area contributed by atoms with Gasteiger partial charge in [-0.25, -0.2) is 21.6 Å². The molecule has 8 nitrogen and oxygen atoms in total. The van der Waals surface area contributed by atoms with E-state index in [0.717, 1.165) is 50.1 Å². The first kappa shape index (κ1) is 24.2. The van der Waals surface area contributed by atoms with Crippen molar-refractivity contribution in [3.63, 3.8) is 0 Å². The van der Waals surface area contributed by atoms with Gasteiger partial charge in [-0.15, -0.1) is 0 Å². The predicted molar refractivity (Wildman–Crippen MR) is 126 cm³/mol. The monoisotopic (exact) mass is 493 g/mol. The Balaban J connectivity index is 1.52. The fraction of sp³-hybridized carbons (Fsp3) is 0.478. The molecule has 2 aliphatic heterocycles. The third kappa shape index (κ3) is 5.25. The fourth-order valence-corrected chi connectivity index (χ4v) is 7.13. The van der Waals surface area contributed by atoms with E-state index in [1.807, 2.05) is 24.3 Å². The molecule has 0 spiro atoms. The Bertz CT molecular complexity index is 1150. The molecule has 180 valence electrons. The smallest absolute Gasteiger partial charge is 0.243 e. The van der Waals surface area contributed by atoms with E-state index in [4.69, 9.17) is 4.74 Å². The van der Waals surface area contributed by atoms with Gasteiger partial charge in [0.25, 0.3) is 0 Å². The lowest BCUT2D eigenvalue weighted by molar-refractivity contribution is 0.240. The molecule has 0 bridgehead atoms. The Labute approximate surface area is 196 Å². The number of benzene rings is 2. The molecule has 2 heterocycles. The summed E-state index contributed by atoms with van der Waals surface area (Å²) in [5.74, 6) is 0.727. The molecule has 0 radical (unpaired) electrons. The largest absolute Gasteiger partial charge is 0.496 e. The van der Waals surface area contributed by atoms with Crippen LogP contribution in [0, 0.1) is 0 Å². The molecule has 2 saturated heterocycles. The van der Waals surface area contributed by atoms with Gasteiger partial charge in [-0.3, -0.25) is 4.90 Å². The van der Waals surface area contributed by atoms with Gasteiger partial charge in [0.2, 0.25) is 20.0 Å². The van der Waals surface area contributed by atoms with Gasteiger partial charge in [0, 0.05) is 25.2 Å². The molecule has 0 saturated carbocycles. The lowest BCUT2D eigenvalue weighted by Gasteiger charge is -2.29. The van der Waals surface area contributed by atoms with Crippen LogP contribution in [0.3, 0.4) is 0 Å². The minimum Gasteiger partial charge on any atom is -0.496 e. The summed E-state index contributed by atoms with van der Waals surface area (Å²) in [7, 11) is -5.79. The molecule has 2 aromatic rings. The fourth-order valence-electron chi connectivity index (χ4n) is 4.57. The Morgan fingerprint density at radius 2 is 1.42 bits per heavy atom. The molecule has 1 atom stereocenters. The molecule has 0 aliphatic carbocycles. The van der Waals surface area contributed by atoms with Crippen molar-refractivity contribution >= 4 is 20.0 Å². The summed E-state index contributed by atoms with van der Waals surface area (Å²) in [6.07, 6.45) is 3.84. The maximum atomic E-state index is 13.0. The Kier molecular flexibility index (Phi) is 7.40. The highest BCUT2D eigenvalue weighted by atomic mass is 32.2. The molecule has 1 N–H and O–H groups in total. The maximum absolute atomic E-state index is 13.0. The van der Waals surface area contributed by atoms with Crippen molar-refractivity contribution < 1.29 is 21.6 Å². The third-order valence-corrected chi connectivity index (χ3v) is 9.74. The summed E-state index contributed by atoms with van der Waals surface area (Å²) in [6.45, 7) is 2.99. The standard InChI is InChI=1S/C23H31N3O5S2/c1-31-23-9-3-2-8-21(23)22(25-14-4-5-15-25)18-24-32(27,28)19-10-12-20(13-11-19)33(29,30)26-16-6-7-17-26/h2-3,8-13,22,24H,4-7,14-18H2,1H3. The van der Waals surface area contributed by atoms with Crippen LogP contribution in [0.5, 0.6) is 5.75 Å². The van der Waals surface area contributed by atoms with Gasteiger partial charge in [0.15, 0.2) is 0 Å². The van der Waals surface area contributed by atoms with Crippen LogP contribution in [0.4, 0.5) is 0 Å². The second-order valence-electron chi connectivity index (χ2n) is 8.44. The lowest BCUT2D eigenvalue weighted by atomic mass is 10.0. The van der Waals surface area contributed by atoms with E-state index >= 15 is 0 Å². The highest BCUT2D eigenvalue weighted by molar-refractivity contribution is 7.89. The van der Waals surface area contributed by atoms with Crippen molar-refractivity contribution in [2.24, 2.45) is 0 Å². The van der Waals surface area contributed by atoms with Gasteiger partial charge in [0.05, 0.1) is 22.9 Å². The summed E-state index contributed by atoms with van der Waals surface area (Å²) >= 11 is 0. The highest BCUT2D eigenvalue weighted by Gasteiger charge is 2.29. The molecule has 10 heteroatoms. The van der Waals surface area contributed by atoms with Crippen LogP contribution in [0.2, 0.25) is 0 Å². The second-order valence-corrected chi connectivity index (χ2v) is 12.1. The van der Waals surface area contributed by atoms with E-state index in [1.165, 1.54) is 28.6 Å². The number of hydrogen-bond donors (Lipinski definition) is 1. The number of nitrogens with one attached hydrogen (secondary N) is 1. The van der Waals surface area contributed by atoms with Gasteiger partial charge in [0.1, 0.15) is 5.75 Å². The summed E-state index contributed by atoms with van der Waals surface area (Å²) in [4.78, 5) is 2.43. The number of nitrogens with zero attached hydrogens (tertiary/aromatic N) is 2. The molecular formula is C23H31N3O5S2. The van der Waals surface area contributed by atoms with Gasteiger partial charge >= 0.3 is 0 Å². The van der Waals surface area contributed by atoms with Crippen molar-refractivity contribution in [1.29, 1.82) is 0 Å². The maximum Gasteiger partial charge on any atom is 0.243 e. The number of methoxy groups -OCH3 is 1. The number of likely N-dealkylation sites (tertiary alicyclic amines) is 1. The van der Waals surface area contributed by atoms with Crippen LogP contribution >= 0.6 is 0 Å². The van der Waals surface area contributed by atoms with Crippen molar-refractivity contribution in [2.75, 3.05) is 39.8 Å². The SMILES string of the molecule is COc1ccccc1C(CNS(=O)(=O)c1ccc(S(=O)(=O)N2CCCC2)cc1)N1CCCC1. The molecule has 0 amide bonds. The van der Waals surface area contributed by atoms with Crippen molar-refractivity contribution in [1.82, 2.24) is 13.9 Å². The van der Waals surface area contributed by atoms with E-state index in [-0.39, 0.29) is 22.4 Å². The zero-order valence-corrected chi connectivity index (χ0v) is 20.4. The molecule has 2 aromatic carbocycles. The van der Waals surface area contributed by atoms with Crippen LogP contribution in [0.25, 0.3) is 0 Å². The van der Waals surface area contributed by atoms with E-state index in [2.05, 4.69) is 9.62 Å². The normalized spacial score (nSPS) is 19.1. The minimum absolute atomic E-state index is 0.0445. The second kappa shape index (κ2) is 10.1. The van der Waals surface area contributed by atoms with E-state index in [9.17, 15) is 16.8 Å². The van der Waals surface area contributed by atoms with Crippen LogP contribution in [-0.2, 0) is 20.0 Å². The van der Waals surface area contributed by atoms with Crippen LogP contribution in [0.15, 0.2) is 58.3 Å². The zero-order chi connectivity index (χ0) is 23.5. The Morgan fingerprint density at radius 1 is 0.848 bits per heavy atom. The predicted octanol–water partition coefficient (Wildman–Crippen LogP) is 2.60. The first-order valence-corrected chi connectivity index (χ1v) is 14.2. The average molecular weight is 494 g/mol. The van der Waals surface area contributed by atoms with Gasteiger partial charge < -0.3 is 4.74 Å². The Hall–Kier alpha value is -1.98. The van der Waals surface area contributed by atoms with Crippen LogP contribution in [0.1, 0.15) is 37.3 Å². The summed E-state index contributed by atoms with van der Waals surface area (Å²) < 4.78 is 61.2. The molecule has 4 rings (SSSR count). The lowest BCUT2D eigenvalue weighted by Crippen LogP contribution is -2.37. The first-order chi connectivity index (χ1) is 15.8. The van der Waals surface area contributed by atoms with Gasteiger partial charge in [-0.1, -0.05) is 18.2 Å². The highest BCUT2D eigenvalue weighted by Crippen LogP contribution is 2.31. The van der Waals surface area contributed by atoms with Crippen LogP contribution < -0.4 is 9.46 Å². The first-order valence-electron chi connectivity index (χ1n) is 11.3. The molecule has 2 fully saturated rings.